The molecule has 1 heterocycles. The molecule has 1 aromatic heterocycles. The molecule has 0 saturated carbocycles. The molecule has 3 aromatic carbocycles. The van der Waals surface area contributed by atoms with Crippen LogP contribution in [0.15, 0.2) is 85.1 Å². The van der Waals surface area contributed by atoms with E-state index in [-0.39, 0.29) is 5.75 Å². The highest BCUT2D eigenvalue weighted by Gasteiger charge is 2.31. The Bertz CT molecular complexity index is 1450. The molecule has 0 spiro atoms. The van der Waals surface area contributed by atoms with Crippen molar-refractivity contribution < 1.29 is 31.5 Å². The third-order valence-electron chi connectivity index (χ3n) is 5.15. The minimum Gasteiger partial charge on any atom is -0.760 e. The summed E-state index contributed by atoms with van der Waals surface area (Å²) in [5.74, 6) is 0.752. The molecule has 2 amide bonds. The number of ether oxygens (including phenoxy) is 1. The summed E-state index contributed by atoms with van der Waals surface area (Å²) in [6.45, 7) is 2.02. The number of aromatic nitrogens is 2. The van der Waals surface area contributed by atoms with Crippen molar-refractivity contribution in [2.75, 3.05) is 27.9 Å². The molecular formula is C26H25F3N7O4S-. The van der Waals surface area contributed by atoms with Crippen LogP contribution in [0, 0.1) is 6.92 Å². The predicted octanol–water partition coefficient (Wildman–Crippen LogP) is 5.58. The minimum absolute atomic E-state index is 0.308. The number of urea groups is 1. The fourth-order valence-corrected chi connectivity index (χ4v) is 3.30. The summed E-state index contributed by atoms with van der Waals surface area (Å²) in [7, 11) is 1.86. The van der Waals surface area contributed by atoms with Crippen molar-refractivity contribution >= 4 is 51.8 Å². The van der Waals surface area contributed by atoms with E-state index in [0.29, 0.717) is 23.1 Å². The van der Waals surface area contributed by atoms with Crippen LogP contribution in [-0.4, -0.2) is 38.2 Å². The van der Waals surface area contributed by atoms with Gasteiger partial charge in [-0.25, -0.2) is 9.78 Å². The Labute approximate surface area is 236 Å². The predicted molar refractivity (Wildman–Crippen MR) is 150 cm³/mol. The first-order valence-electron chi connectivity index (χ1n) is 11.7. The van der Waals surface area contributed by atoms with Gasteiger partial charge in [-0.1, -0.05) is 17.7 Å². The van der Waals surface area contributed by atoms with Crippen molar-refractivity contribution in [2.45, 2.75) is 13.3 Å². The molecule has 5 N–H and O–H groups in total. The standard InChI is InChI=1S/C26H23F3N6O2.H3NO2S/c1-17-3-5-18(6-4-17)31-24-30-16-15-23(34-24)35(2)21-11-7-19(8-12-21)32-25(36)33-20-9-13-22(14-10-20)37-26(27,28)29;1-4(2)3/h3-16H,1-2H3,(H,30,31,34)(H2,32,33,36);1H2,(H,2,3)/p-1. The number of benzene rings is 3. The van der Waals surface area contributed by atoms with Crippen molar-refractivity contribution in [3.63, 3.8) is 0 Å². The molecule has 41 heavy (non-hydrogen) atoms. The number of amides is 2. The second-order valence-corrected chi connectivity index (χ2v) is 8.77. The Morgan fingerprint density at radius 3 is 1.98 bits per heavy atom. The molecule has 4 rings (SSSR count). The van der Waals surface area contributed by atoms with Crippen LogP contribution in [0.1, 0.15) is 5.56 Å². The molecule has 1 unspecified atom stereocenters. The summed E-state index contributed by atoms with van der Waals surface area (Å²) < 4.78 is 58.2. The van der Waals surface area contributed by atoms with Crippen LogP contribution in [0.4, 0.5) is 52.5 Å². The highest BCUT2D eigenvalue weighted by atomic mass is 32.2. The lowest BCUT2D eigenvalue weighted by atomic mass is 10.2. The fourth-order valence-electron chi connectivity index (χ4n) is 3.30. The van der Waals surface area contributed by atoms with Gasteiger partial charge in [0.15, 0.2) is 0 Å². The van der Waals surface area contributed by atoms with Crippen molar-refractivity contribution in [2.24, 2.45) is 5.14 Å². The lowest BCUT2D eigenvalue weighted by molar-refractivity contribution is -0.274. The Kier molecular flexibility index (Phi) is 10.6. The van der Waals surface area contributed by atoms with Crippen molar-refractivity contribution in [1.29, 1.82) is 0 Å². The van der Waals surface area contributed by atoms with E-state index >= 15 is 0 Å². The Morgan fingerprint density at radius 1 is 0.927 bits per heavy atom. The molecular weight excluding hydrogens is 563 g/mol. The van der Waals surface area contributed by atoms with Crippen LogP contribution >= 0.6 is 0 Å². The van der Waals surface area contributed by atoms with Crippen LogP contribution in [-0.2, 0) is 11.3 Å². The Morgan fingerprint density at radius 2 is 1.44 bits per heavy atom. The van der Waals surface area contributed by atoms with Crippen LogP contribution in [0.3, 0.4) is 0 Å². The first-order valence-corrected chi connectivity index (χ1v) is 12.8. The third-order valence-corrected chi connectivity index (χ3v) is 5.15. The number of hydrogen-bond acceptors (Lipinski definition) is 8. The Hall–Kier alpha value is -4.73. The van der Waals surface area contributed by atoms with E-state index in [2.05, 4.69) is 35.8 Å². The normalized spacial score (nSPS) is 11.4. The fraction of sp³-hybridized carbons (Fsp3) is 0.115. The zero-order valence-corrected chi connectivity index (χ0v) is 22.5. The summed E-state index contributed by atoms with van der Waals surface area (Å²) in [6.07, 6.45) is -3.11. The first kappa shape index (κ1) is 30.8. The maximum Gasteiger partial charge on any atom is 0.573 e. The van der Waals surface area contributed by atoms with Gasteiger partial charge in [-0.2, -0.15) is 4.98 Å². The number of aryl methyl sites for hydroxylation is 1. The molecule has 0 fully saturated rings. The van der Waals surface area contributed by atoms with Gasteiger partial charge in [0, 0.05) is 47.3 Å². The number of alkyl halides is 3. The number of carbonyl (C=O) groups is 1. The van der Waals surface area contributed by atoms with Gasteiger partial charge in [0.25, 0.3) is 0 Å². The summed E-state index contributed by atoms with van der Waals surface area (Å²) >= 11 is -2.36. The lowest BCUT2D eigenvalue weighted by Gasteiger charge is -2.19. The quantitative estimate of drug-likeness (QED) is 0.204. The molecule has 11 nitrogen and oxygen atoms in total. The van der Waals surface area contributed by atoms with Gasteiger partial charge >= 0.3 is 12.4 Å². The van der Waals surface area contributed by atoms with E-state index in [1.165, 1.54) is 12.1 Å². The molecule has 0 aliphatic carbocycles. The Balaban J connectivity index is 0.00000108. The first-order chi connectivity index (χ1) is 19.4. The maximum atomic E-state index is 12.3. The summed E-state index contributed by atoms with van der Waals surface area (Å²) in [5, 5.41) is 12.4. The average molecular weight is 589 g/mol. The van der Waals surface area contributed by atoms with E-state index < -0.39 is 23.7 Å². The zero-order chi connectivity index (χ0) is 30.0. The summed E-state index contributed by atoms with van der Waals surface area (Å²) in [5.41, 5.74) is 3.69. The van der Waals surface area contributed by atoms with E-state index in [4.69, 9.17) is 8.76 Å². The van der Waals surface area contributed by atoms with Gasteiger partial charge < -0.3 is 30.1 Å². The van der Waals surface area contributed by atoms with Gasteiger partial charge in [-0.15, -0.1) is 13.2 Å². The summed E-state index contributed by atoms with van der Waals surface area (Å²) in [4.78, 5) is 23.0. The zero-order valence-electron chi connectivity index (χ0n) is 21.7. The highest BCUT2D eigenvalue weighted by Crippen LogP contribution is 2.26. The van der Waals surface area contributed by atoms with E-state index in [9.17, 15) is 18.0 Å². The molecule has 0 aliphatic rings. The SMILES string of the molecule is Cc1ccc(Nc2nccc(N(C)c3ccc(NC(=O)Nc4ccc(OC(F)(F)F)cc4)cc3)n2)cc1.NS(=O)[O-]. The highest BCUT2D eigenvalue weighted by molar-refractivity contribution is 7.76. The van der Waals surface area contributed by atoms with E-state index in [1.807, 2.05) is 55.3 Å². The molecule has 0 bridgehead atoms. The number of rotatable bonds is 7. The topological polar surface area (TPSA) is 158 Å². The average Bonchev–Trinajstić information content (AvgIpc) is 2.90. The third kappa shape index (κ3) is 10.7. The second kappa shape index (κ2) is 14.1. The molecule has 0 saturated heterocycles. The summed E-state index contributed by atoms with van der Waals surface area (Å²) in [6, 6.07) is 21.0. The molecule has 1 atom stereocenters. The lowest BCUT2D eigenvalue weighted by Crippen LogP contribution is -2.20. The van der Waals surface area contributed by atoms with Gasteiger partial charge in [0.1, 0.15) is 11.6 Å². The van der Waals surface area contributed by atoms with E-state index in [0.717, 1.165) is 29.1 Å². The van der Waals surface area contributed by atoms with Gasteiger partial charge in [0.2, 0.25) is 5.95 Å². The van der Waals surface area contributed by atoms with Gasteiger partial charge in [-0.3, -0.25) is 9.35 Å². The maximum absolute atomic E-state index is 12.3. The number of hydrogen-bond donors (Lipinski definition) is 4. The van der Waals surface area contributed by atoms with Crippen molar-refractivity contribution in [3.05, 3.63) is 90.6 Å². The number of anilines is 6. The smallest absolute Gasteiger partial charge is 0.573 e. The van der Waals surface area contributed by atoms with Crippen LogP contribution in [0.5, 0.6) is 5.75 Å². The largest absolute Gasteiger partial charge is 0.760 e. The van der Waals surface area contributed by atoms with Crippen molar-refractivity contribution in [1.82, 2.24) is 9.97 Å². The second-order valence-electron chi connectivity index (χ2n) is 8.25. The molecule has 0 aliphatic heterocycles. The molecule has 216 valence electrons. The molecule has 4 aromatic rings. The van der Waals surface area contributed by atoms with Crippen molar-refractivity contribution in [3.8, 4) is 5.75 Å². The number of halogens is 3. The van der Waals surface area contributed by atoms with Gasteiger partial charge in [-0.05, 0) is 73.7 Å². The monoisotopic (exact) mass is 588 g/mol. The molecule has 15 heteroatoms. The number of nitrogens with zero attached hydrogens (tertiary/aromatic N) is 3. The van der Waals surface area contributed by atoms with E-state index in [1.54, 1.807) is 24.4 Å². The number of nitrogens with two attached hydrogens (primary N) is 1. The minimum atomic E-state index is -4.78. The van der Waals surface area contributed by atoms with Crippen LogP contribution < -0.4 is 30.7 Å². The number of nitrogens with one attached hydrogen (secondary N) is 3. The van der Waals surface area contributed by atoms with Gasteiger partial charge in [0.05, 0.1) is 0 Å². The number of carbonyl (C=O) groups excluding carboxylic acids is 1. The van der Waals surface area contributed by atoms with Crippen LogP contribution in [0.25, 0.3) is 0 Å². The van der Waals surface area contributed by atoms with Crippen LogP contribution in [0.2, 0.25) is 0 Å². The molecule has 0 radical (unpaired) electrons.